The second-order valence-corrected chi connectivity index (χ2v) is 5.19. The van der Waals surface area contributed by atoms with Gasteiger partial charge < -0.3 is 5.32 Å². The maximum atomic E-state index is 13.0. The Hall–Kier alpha value is -1.45. The van der Waals surface area contributed by atoms with Crippen LogP contribution in [0.1, 0.15) is 24.1 Å². The monoisotopic (exact) mass is 295 g/mol. The van der Waals surface area contributed by atoms with Gasteiger partial charge in [-0.2, -0.15) is 0 Å². The molecule has 0 saturated heterocycles. The van der Waals surface area contributed by atoms with Crippen LogP contribution < -0.4 is 5.32 Å². The highest BCUT2D eigenvalue weighted by Gasteiger charge is 2.06. The maximum Gasteiger partial charge on any atom is 0.126 e. The molecule has 0 saturated carbocycles. The van der Waals surface area contributed by atoms with Crippen LogP contribution in [-0.4, -0.2) is 6.54 Å². The molecule has 20 heavy (non-hydrogen) atoms. The molecule has 1 atom stereocenters. The van der Waals surface area contributed by atoms with E-state index in [0.29, 0.717) is 23.6 Å². The van der Waals surface area contributed by atoms with E-state index >= 15 is 0 Å². The van der Waals surface area contributed by atoms with Crippen LogP contribution in [0, 0.1) is 11.6 Å². The Balaban J connectivity index is 1.89. The van der Waals surface area contributed by atoms with Crippen LogP contribution in [0.5, 0.6) is 0 Å². The molecule has 1 unspecified atom stereocenters. The standard InChI is InChI=1S/C16H16ClF2N/c1-11(13-3-2-4-14(17)9-13)20-6-5-12-7-15(18)10-16(19)8-12/h2-4,7-11,20H,5-6H2,1H3. The van der Waals surface area contributed by atoms with E-state index in [9.17, 15) is 8.78 Å². The fraction of sp³-hybridized carbons (Fsp3) is 0.250. The first kappa shape index (κ1) is 14.9. The number of halogens is 3. The van der Waals surface area contributed by atoms with Gasteiger partial charge in [-0.3, -0.25) is 0 Å². The van der Waals surface area contributed by atoms with Gasteiger partial charge in [-0.25, -0.2) is 8.78 Å². The van der Waals surface area contributed by atoms with E-state index in [4.69, 9.17) is 11.6 Å². The van der Waals surface area contributed by atoms with E-state index in [-0.39, 0.29) is 6.04 Å². The SMILES string of the molecule is CC(NCCc1cc(F)cc(F)c1)c1cccc(Cl)c1. The lowest BCUT2D eigenvalue weighted by molar-refractivity contribution is 0.563. The highest BCUT2D eigenvalue weighted by molar-refractivity contribution is 6.30. The molecule has 2 rings (SSSR count). The largest absolute Gasteiger partial charge is 0.310 e. The fourth-order valence-electron chi connectivity index (χ4n) is 2.08. The van der Waals surface area contributed by atoms with Crippen molar-refractivity contribution in [3.63, 3.8) is 0 Å². The summed E-state index contributed by atoms with van der Waals surface area (Å²) in [4.78, 5) is 0. The lowest BCUT2D eigenvalue weighted by Gasteiger charge is -2.14. The molecular weight excluding hydrogens is 280 g/mol. The molecule has 2 aromatic rings. The summed E-state index contributed by atoms with van der Waals surface area (Å²) in [6, 6.07) is 11.3. The normalized spacial score (nSPS) is 12.4. The van der Waals surface area contributed by atoms with Crippen LogP contribution >= 0.6 is 11.6 Å². The molecule has 0 fully saturated rings. The van der Waals surface area contributed by atoms with Crippen LogP contribution in [0.2, 0.25) is 5.02 Å². The minimum Gasteiger partial charge on any atom is -0.310 e. The van der Waals surface area contributed by atoms with Crippen molar-refractivity contribution >= 4 is 11.6 Å². The summed E-state index contributed by atoms with van der Waals surface area (Å²) >= 11 is 5.94. The molecule has 0 spiro atoms. The Bertz CT molecular complexity index is 566. The number of hydrogen-bond donors (Lipinski definition) is 1. The van der Waals surface area contributed by atoms with Gasteiger partial charge in [0.2, 0.25) is 0 Å². The smallest absolute Gasteiger partial charge is 0.126 e. The molecule has 2 aromatic carbocycles. The number of hydrogen-bond acceptors (Lipinski definition) is 1. The average Bonchev–Trinajstić information content (AvgIpc) is 2.37. The highest BCUT2D eigenvalue weighted by Crippen LogP contribution is 2.17. The summed E-state index contributed by atoms with van der Waals surface area (Å²) in [5.74, 6) is -1.08. The molecule has 0 aliphatic carbocycles. The molecule has 0 bridgehead atoms. The van der Waals surface area contributed by atoms with Crippen molar-refractivity contribution in [1.29, 1.82) is 0 Å². The Morgan fingerprint density at radius 2 is 1.80 bits per heavy atom. The van der Waals surface area contributed by atoms with Gasteiger partial charge in [0.15, 0.2) is 0 Å². The third-order valence-electron chi connectivity index (χ3n) is 3.14. The molecule has 4 heteroatoms. The van der Waals surface area contributed by atoms with Crippen molar-refractivity contribution in [2.75, 3.05) is 6.54 Å². The molecule has 0 radical (unpaired) electrons. The molecule has 0 aliphatic rings. The van der Waals surface area contributed by atoms with E-state index in [0.717, 1.165) is 11.6 Å². The summed E-state index contributed by atoms with van der Waals surface area (Å²) in [6.07, 6.45) is 0.569. The minimum absolute atomic E-state index is 0.132. The zero-order valence-corrected chi connectivity index (χ0v) is 11.9. The van der Waals surface area contributed by atoms with Crippen LogP contribution in [0.3, 0.4) is 0 Å². The van der Waals surface area contributed by atoms with Crippen molar-refractivity contribution in [1.82, 2.24) is 5.32 Å². The number of benzene rings is 2. The van der Waals surface area contributed by atoms with Gasteiger partial charge in [0, 0.05) is 17.1 Å². The van der Waals surface area contributed by atoms with Gasteiger partial charge >= 0.3 is 0 Å². The lowest BCUT2D eigenvalue weighted by atomic mass is 10.1. The van der Waals surface area contributed by atoms with Crippen molar-refractivity contribution in [3.05, 3.63) is 70.2 Å². The van der Waals surface area contributed by atoms with Gasteiger partial charge in [0.05, 0.1) is 0 Å². The second-order valence-electron chi connectivity index (χ2n) is 4.76. The van der Waals surface area contributed by atoms with Crippen LogP contribution in [0.25, 0.3) is 0 Å². The van der Waals surface area contributed by atoms with Crippen molar-refractivity contribution < 1.29 is 8.78 Å². The topological polar surface area (TPSA) is 12.0 Å². The first-order chi connectivity index (χ1) is 9.54. The predicted molar refractivity (Wildman–Crippen MR) is 77.9 cm³/mol. The summed E-state index contributed by atoms with van der Waals surface area (Å²) in [5.41, 5.74) is 1.73. The van der Waals surface area contributed by atoms with Crippen molar-refractivity contribution in [2.45, 2.75) is 19.4 Å². The molecule has 106 valence electrons. The zero-order valence-electron chi connectivity index (χ0n) is 11.2. The number of rotatable bonds is 5. The molecule has 0 aromatic heterocycles. The third-order valence-corrected chi connectivity index (χ3v) is 3.37. The van der Waals surface area contributed by atoms with Gasteiger partial charge in [-0.1, -0.05) is 23.7 Å². The summed E-state index contributed by atoms with van der Waals surface area (Å²) in [7, 11) is 0. The quantitative estimate of drug-likeness (QED) is 0.855. The molecule has 1 nitrogen and oxygen atoms in total. The Kier molecular flexibility index (Phi) is 5.10. The third kappa shape index (κ3) is 4.29. The second kappa shape index (κ2) is 6.82. The van der Waals surface area contributed by atoms with E-state index in [1.54, 1.807) is 0 Å². The maximum absolute atomic E-state index is 13.0. The Labute approximate surface area is 122 Å². The van der Waals surface area contributed by atoms with Crippen LogP contribution in [0.4, 0.5) is 8.78 Å². The van der Waals surface area contributed by atoms with Crippen LogP contribution in [0.15, 0.2) is 42.5 Å². The van der Waals surface area contributed by atoms with E-state index < -0.39 is 11.6 Å². The summed E-state index contributed by atoms with van der Waals surface area (Å²) < 4.78 is 26.1. The van der Waals surface area contributed by atoms with E-state index in [2.05, 4.69) is 5.32 Å². The average molecular weight is 296 g/mol. The van der Waals surface area contributed by atoms with Gasteiger partial charge in [-0.05, 0) is 55.3 Å². The number of nitrogens with one attached hydrogen (secondary N) is 1. The van der Waals surface area contributed by atoms with Crippen LogP contribution in [-0.2, 0) is 6.42 Å². The van der Waals surface area contributed by atoms with Crippen molar-refractivity contribution in [3.8, 4) is 0 Å². The zero-order chi connectivity index (χ0) is 14.5. The lowest BCUT2D eigenvalue weighted by Crippen LogP contribution is -2.21. The summed E-state index contributed by atoms with van der Waals surface area (Å²) in [5, 5.41) is 4.01. The minimum atomic E-state index is -0.539. The first-order valence-corrected chi connectivity index (χ1v) is 6.86. The molecule has 0 aliphatic heterocycles. The van der Waals surface area contributed by atoms with E-state index in [1.165, 1.54) is 12.1 Å². The first-order valence-electron chi connectivity index (χ1n) is 6.48. The van der Waals surface area contributed by atoms with Crippen molar-refractivity contribution in [2.24, 2.45) is 0 Å². The van der Waals surface area contributed by atoms with E-state index in [1.807, 2.05) is 31.2 Å². The van der Waals surface area contributed by atoms with Gasteiger partial charge in [0.25, 0.3) is 0 Å². The van der Waals surface area contributed by atoms with Gasteiger partial charge in [-0.15, -0.1) is 0 Å². The Morgan fingerprint density at radius 3 is 2.45 bits per heavy atom. The summed E-state index contributed by atoms with van der Waals surface area (Å²) in [6.45, 7) is 2.66. The molecular formula is C16H16ClF2N. The fourth-order valence-corrected chi connectivity index (χ4v) is 2.28. The predicted octanol–water partition coefficient (Wildman–Crippen LogP) is 4.51. The van der Waals surface area contributed by atoms with Gasteiger partial charge in [0.1, 0.15) is 11.6 Å². The molecule has 1 N–H and O–H groups in total. The molecule has 0 amide bonds. The Morgan fingerprint density at radius 1 is 1.10 bits per heavy atom. The molecule has 0 heterocycles. The highest BCUT2D eigenvalue weighted by atomic mass is 35.5.